The second kappa shape index (κ2) is 8.98. The maximum Gasteiger partial charge on any atom is 0.316 e. The van der Waals surface area contributed by atoms with Gasteiger partial charge in [-0.15, -0.1) is 0 Å². The Morgan fingerprint density at radius 1 is 1.09 bits per heavy atom. The summed E-state index contributed by atoms with van der Waals surface area (Å²) in [5, 5.41) is 0.969. The predicted octanol–water partition coefficient (Wildman–Crippen LogP) is 2.74. The van der Waals surface area contributed by atoms with Gasteiger partial charge >= 0.3 is 6.01 Å². The molecule has 0 spiro atoms. The molecule has 0 radical (unpaired) electrons. The SMILES string of the molecule is O=C1CC(COc2ncccn2)CN1CC1CCN(C(=O)c2cccc3[nH]ccc23)CC1. The van der Waals surface area contributed by atoms with E-state index in [1.807, 2.05) is 40.3 Å². The maximum absolute atomic E-state index is 13.1. The molecule has 2 aromatic heterocycles. The van der Waals surface area contributed by atoms with Crippen molar-refractivity contribution in [1.29, 1.82) is 0 Å². The first kappa shape index (κ1) is 20.5. The van der Waals surface area contributed by atoms with Crippen LogP contribution in [0.2, 0.25) is 0 Å². The molecule has 2 saturated heterocycles. The Bertz CT molecular complexity index is 1090. The Kier molecular flexibility index (Phi) is 5.75. The third kappa shape index (κ3) is 4.30. The number of H-pyrrole nitrogens is 1. The summed E-state index contributed by atoms with van der Waals surface area (Å²) in [6, 6.07) is 9.85. The minimum atomic E-state index is 0.0891. The quantitative estimate of drug-likeness (QED) is 0.645. The molecular weight excluding hydrogens is 406 g/mol. The second-order valence-corrected chi connectivity index (χ2v) is 8.69. The predicted molar refractivity (Wildman–Crippen MR) is 119 cm³/mol. The number of likely N-dealkylation sites (tertiary alicyclic amines) is 2. The Labute approximate surface area is 186 Å². The summed E-state index contributed by atoms with van der Waals surface area (Å²) in [5.41, 5.74) is 1.73. The van der Waals surface area contributed by atoms with Crippen LogP contribution in [0.3, 0.4) is 0 Å². The van der Waals surface area contributed by atoms with Crippen molar-refractivity contribution in [3.05, 3.63) is 54.5 Å². The smallest absolute Gasteiger partial charge is 0.316 e. The van der Waals surface area contributed by atoms with Crippen molar-refractivity contribution in [2.24, 2.45) is 11.8 Å². The zero-order valence-electron chi connectivity index (χ0n) is 17.9. The molecule has 0 aliphatic carbocycles. The van der Waals surface area contributed by atoms with E-state index in [4.69, 9.17) is 4.74 Å². The second-order valence-electron chi connectivity index (χ2n) is 8.69. The number of ether oxygens (including phenoxy) is 1. The van der Waals surface area contributed by atoms with Crippen molar-refractivity contribution in [3.8, 4) is 6.01 Å². The third-order valence-corrected chi connectivity index (χ3v) is 6.49. The highest BCUT2D eigenvalue weighted by Gasteiger charge is 2.33. The molecule has 3 aromatic rings. The van der Waals surface area contributed by atoms with Gasteiger partial charge < -0.3 is 19.5 Å². The van der Waals surface area contributed by atoms with E-state index in [-0.39, 0.29) is 17.7 Å². The van der Waals surface area contributed by atoms with Crippen LogP contribution in [0.15, 0.2) is 48.9 Å². The zero-order valence-corrected chi connectivity index (χ0v) is 17.9. The number of nitrogens with one attached hydrogen (secondary N) is 1. The van der Waals surface area contributed by atoms with Crippen molar-refractivity contribution < 1.29 is 14.3 Å². The number of aromatic amines is 1. The number of fused-ring (bicyclic) bond motifs is 1. The number of piperidine rings is 1. The summed E-state index contributed by atoms with van der Waals surface area (Å²) in [6.45, 7) is 3.37. The molecule has 8 nitrogen and oxygen atoms in total. The van der Waals surface area contributed by atoms with E-state index in [0.717, 1.165) is 48.9 Å². The molecule has 2 aliphatic rings. The monoisotopic (exact) mass is 433 g/mol. The Morgan fingerprint density at radius 2 is 1.91 bits per heavy atom. The van der Waals surface area contributed by atoms with Crippen molar-refractivity contribution in [2.45, 2.75) is 19.3 Å². The Hall–Kier alpha value is -3.42. The highest BCUT2D eigenvalue weighted by Crippen LogP contribution is 2.26. The van der Waals surface area contributed by atoms with E-state index in [2.05, 4.69) is 15.0 Å². The Morgan fingerprint density at radius 3 is 2.72 bits per heavy atom. The summed E-state index contributed by atoms with van der Waals surface area (Å²) < 4.78 is 5.64. The lowest BCUT2D eigenvalue weighted by molar-refractivity contribution is -0.128. The molecule has 166 valence electrons. The molecule has 1 aromatic carbocycles. The minimum Gasteiger partial charge on any atom is -0.463 e. The Balaban J connectivity index is 1.11. The summed E-state index contributed by atoms with van der Waals surface area (Å²) in [5.74, 6) is 0.856. The lowest BCUT2D eigenvalue weighted by atomic mass is 9.95. The number of hydrogen-bond acceptors (Lipinski definition) is 5. The van der Waals surface area contributed by atoms with Gasteiger partial charge in [-0.05, 0) is 43.0 Å². The topological polar surface area (TPSA) is 91.4 Å². The fourth-order valence-corrected chi connectivity index (χ4v) is 4.77. The van der Waals surface area contributed by atoms with Crippen LogP contribution in [0.4, 0.5) is 0 Å². The highest BCUT2D eigenvalue weighted by atomic mass is 16.5. The maximum atomic E-state index is 13.1. The first-order valence-corrected chi connectivity index (χ1v) is 11.2. The van der Waals surface area contributed by atoms with Gasteiger partial charge in [-0.2, -0.15) is 0 Å². The third-order valence-electron chi connectivity index (χ3n) is 6.49. The number of carbonyl (C=O) groups excluding carboxylic acids is 2. The van der Waals surface area contributed by atoms with Crippen LogP contribution >= 0.6 is 0 Å². The molecule has 8 heteroatoms. The molecule has 1 atom stereocenters. The van der Waals surface area contributed by atoms with Crippen molar-refractivity contribution in [2.75, 3.05) is 32.8 Å². The van der Waals surface area contributed by atoms with Gasteiger partial charge in [0.05, 0.1) is 6.61 Å². The van der Waals surface area contributed by atoms with Crippen LogP contribution in [-0.2, 0) is 4.79 Å². The minimum absolute atomic E-state index is 0.0891. The van der Waals surface area contributed by atoms with Crippen LogP contribution in [0.25, 0.3) is 10.9 Å². The van der Waals surface area contributed by atoms with Gasteiger partial charge in [-0.1, -0.05) is 6.07 Å². The fourth-order valence-electron chi connectivity index (χ4n) is 4.77. The van der Waals surface area contributed by atoms with E-state index < -0.39 is 0 Å². The summed E-state index contributed by atoms with van der Waals surface area (Å²) in [4.78, 5) is 40.8. The lowest BCUT2D eigenvalue weighted by Gasteiger charge is -2.34. The number of amides is 2. The molecule has 5 rings (SSSR count). The van der Waals surface area contributed by atoms with Gasteiger partial charge in [0.2, 0.25) is 5.91 Å². The van der Waals surface area contributed by atoms with Crippen LogP contribution in [0.5, 0.6) is 6.01 Å². The highest BCUT2D eigenvalue weighted by molar-refractivity contribution is 6.06. The van der Waals surface area contributed by atoms with Crippen LogP contribution in [0, 0.1) is 11.8 Å². The van der Waals surface area contributed by atoms with E-state index in [9.17, 15) is 9.59 Å². The summed E-state index contributed by atoms with van der Waals surface area (Å²) in [7, 11) is 0. The van der Waals surface area contributed by atoms with E-state index in [0.29, 0.717) is 31.5 Å². The van der Waals surface area contributed by atoms with Crippen LogP contribution in [0.1, 0.15) is 29.6 Å². The van der Waals surface area contributed by atoms with Gasteiger partial charge in [0.1, 0.15) is 0 Å². The molecule has 0 bridgehead atoms. The number of rotatable bonds is 6. The summed E-state index contributed by atoms with van der Waals surface area (Å²) in [6.07, 6.45) is 7.49. The number of hydrogen-bond donors (Lipinski definition) is 1. The standard InChI is InChI=1S/C24H27N5O3/c30-22-13-18(16-32-24-26-8-2-9-27-24)15-29(22)14-17-6-11-28(12-7-17)23(31)20-3-1-4-21-19(20)5-10-25-21/h1-5,8-10,17-18,25H,6-7,11-16H2. The van der Waals surface area contributed by atoms with Crippen LogP contribution in [-0.4, -0.2) is 69.4 Å². The fraction of sp³-hybridized carbons (Fsp3) is 0.417. The average Bonchev–Trinajstić information content (AvgIpc) is 3.45. The number of carbonyl (C=O) groups is 2. The van der Waals surface area contributed by atoms with Gasteiger partial charge in [0, 0.05) is 73.6 Å². The van der Waals surface area contributed by atoms with E-state index in [1.54, 1.807) is 18.5 Å². The van der Waals surface area contributed by atoms with Crippen molar-refractivity contribution in [1.82, 2.24) is 24.8 Å². The first-order valence-electron chi connectivity index (χ1n) is 11.2. The van der Waals surface area contributed by atoms with E-state index >= 15 is 0 Å². The summed E-state index contributed by atoms with van der Waals surface area (Å²) >= 11 is 0. The molecule has 1 N–H and O–H groups in total. The van der Waals surface area contributed by atoms with Crippen LogP contribution < -0.4 is 4.74 Å². The van der Waals surface area contributed by atoms with Crippen molar-refractivity contribution >= 4 is 22.7 Å². The molecule has 1 unspecified atom stereocenters. The van der Waals surface area contributed by atoms with Gasteiger partial charge in [0.25, 0.3) is 5.91 Å². The molecular formula is C24H27N5O3. The molecule has 2 fully saturated rings. The lowest BCUT2D eigenvalue weighted by Crippen LogP contribution is -2.42. The van der Waals surface area contributed by atoms with Gasteiger partial charge in [-0.3, -0.25) is 9.59 Å². The molecule has 0 saturated carbocycles. The normalized spacial score (nSPS) is 19.6. The molecule has 2 aliphatic heterocycles. The average molecular weight is 434 g/mol. The first-order chi connectivity index (χ1) is 15.7. The molecule has 32 heavy (non-hydrogen) atoms. The number of aromatic nitrogens is 3. The van der Waals surface area contributed by atoms with Crippen molar-refractivity contribution in [3.63, 3.8) is 0 Å². The van der Waals surface area contributed by atoms with E-state index in [1.165, 1.54) is 0 Å². The number of nitrogens with zero attached hydrogens (tertiary/aromatic N) is 4. The molecule has 4 heterocycles. The largest absolute Gasteiger partial charge is 0.463 e. The molecule has 2 amide bonds. The zero-order chi connectivity index (χ0) is 21.9. The van der Waals surface area contributed by atoms with Gasteiger partial charge in [0.15, 0.2) is 0 Å². The number of benzene rings is 1. The van der Waals surface area contributed by atoms with Gasteiger partial charge in [-0.25, -0.2) is 9.97 Å².